The van der Waals surface area contributed by atoms with Crippen LogP contribution in [0.15, 0.2) is 71.6 Å². The van der Waals surface area contributed by atoms with Gasteiger partial charge >= 0.3 is 0 Å². The lowest BCUT2D eigenvalue weighted by atomic mass is 10.1. The fourth-order valence-electron chi connectivity index (χ4n) is 4.56. The van der Waals surface area contributed by atoms with Crippen molar-refractivity contribution < 1.29 is 13.2 Å². The number of piperidine rings is 1. The average molecular weight is 540 g/mol. The molecule has 0 spiro atoms. The Balaban J connectivity index is 1.53. The molecule has 0 bridgehead atoms. The van der Waals surface area contributed by atoms with Crippen molar-refractivity contribution in [2.24, 2.45) is 0 Å². The van der Waals surface area contributed by atoms with Gasteiger partial charge in [0, 0.05) is 23.8 Å². The summed E-state index contributed by atoms with van der Waals surface area (Å²) in [7, 11) is -4.01. The molecule has 1 aliphatic rings. The molecular weight excluding hydrogens is 506 g/mol. The van der Waals surface area contributed by atoms with E-state index in [1.807, 2.05) is 39.0 Å². The quantitative estimate of drug-likeness (QED) is 0.380. The number of amides is 1. The summed E-state index contributed by atoms with van der Waals surface area (Å²) in [6.45, 7) is 7.58. The van der Waals surface area contributed by atoms with E-state index in [2.05, 4.69) is 22.3 Å². The van der Waals surface area contributed by atoms with Gasteiger partial charge in [-0.15, -0.1) is 0 Å². The highest BCUT2D eigenvalue weighted by Gasteiger charge is 2.28. The molecule has 1 atom stereocenters. The second-order valence-electron chi connectivity index (χ2n) is 9.66. The molecule has 1 N–H and O–H groups in total. The third-order valence-corrected chi connectivity index (χ3v) is 9.00. The van der Waals surface area contributed by atoms with Gasteiger partial charge in [-0.3, -0.25) is 9.10 Å². The third-order valence-electron chi connectivity index (χ3n) is 6.96. The summed E-state index contributed by atoms with van der Waals surface area (Å²) >= 11 is 5.97. The first-order valence-electron chi connectivity index (χ1n) is 12.6. The zero-order valence-corrected chi connectivity index (χ0v) is 23.1. The number of benzene rings is 3. The van der Waals surface area contributed by atoms with Crippen LogP contribution in [0.2, 0.25) is 5.02 Å². The smallest absolute Gasteiger partial charge is 0.264 e. The first kappa shape index (κ1) is 27.0. The highest BCUT2D eigenvalue weighted by molar-refractivity contribution is 7.92. The van der Waals surface area contributed by atoms with E-state index in [4.69, 9.17) is 11.6 Å². The Morgan fingerprint density at radius 3 is 2.22 bits per heavy atom. The van der Waals surface area contributed by atoms with Crippen LogP contribution in [0, 0.1) is 13.8 Å². The van der Waals surface area contributed by atoms with Gasteiger partial charge in [0.2, 0.25) is 5.91 Å². The van der Waals surface area contributed by atoms with E-state index in [1.165, 1.54) is 49.2 Å². The molecule has 0 radical (unpaired) electrons. The van der Waals surface area contributed by atoms with Gasteiger partial charge < -0.3 is 10.2 Å². The Labute approximate surface area is 225 Å². The molecule has 1 amide bonds. The molecule has 1 fully saturated rings. The summed E-state index contributed by atoms with van der Waals surface area (Å²) < 4.78 is 28.4. The second kappa shape index (κ2) is 11.6. The van der Waals surface area contributed by atoms with E-state index in [-0.39, 0.29) is 23.4 Å². The number of hydrogen-bond donors (Lipinski definition) is 1. The van der Waals surface area contributed by atoms with Crippen molar-refractivity contribution >= 4 is 38.9 Å². The highest BCUT2D eigenvalue weighted by atomic mass is 35.5. The summed E-state index contributed by atoms with van der Waals surface area (Å²) in [5, 5.41) is 3.41. The Bertz CT molecular complexity index is 1340. The molecular formula is C29H34ClN3O3S. The minimum Gasteiger partial charge on any atom is -0.372 e. The molecule has 196 valence electrons. The number of aryl methyl sites for hydroxylation is 2. The van der Waals surface area contributed by atoms with Crippen molar-refractivity contribution in [1.29, 1.82) is 0 Å². The van der Waals surface area contributed by atoms with Gasteiger partial charge in [-0.25, -0.2) is 8.42 Å². The van der Waals surface area contributed by atoms with Crippen molar-refractivity contribution in [2.45, 2.75) is 51.0 Å². The molecule has 4 rings (SSSR count). The Morgan fingerprint density at radius 2 is 1.59 bits per heavy atom. The van der Waals surface area contributed by atoms with E-state index in [9.17, 15) is 13.2 Å². The van der Waals surface area contributed by atoms with E-state index < -0.39 is 10.0 Å². The van der Waals surface area contributed by atoms with Crippen LogP contribution in [0.25, 0.3) is 0 Å². The number of carbonyl (C=O) groups is 1. The van der Waals surface area contributed by atoms with Crippen LogP contribution >= 0.6 is 11.6 Å². The first-order chi connectivity index (χ1) is 17.6. The van der Waals surface area contributed by atoms with Gasteiger partial charge in [0.15, 0.2) is 0 Å². The van der Waals surface area contributed by atoms with Gasteiger partial charge in [-0.2, -0.15) is 0 Å². The molecule has 8 heteroatoms. The Morgan fingerprint density at radius 1 is 0.946 bits per heavy atom. The normalized spacial score (nSPS) is 14.8. The summed E-state index contributed by atoms with van der Waals surface area (Å²) in [5.41, 5.74) is 4.58. The molecule has 1 aliphatic heterocycles. The van der Waals surface area contributed by atoms with Gasteiger partial charge in [-0.05, 0) is 105 Å². The maximum atomic E-state index is 13.6. The number of anilines is 2. The standard InChI is InChI=1S/C29H34ClN3O3S/c1-21-7-12-27(19-22(21)2)33(37(35,36)28-15-10-25(30)11-16-28)20-29(34)31-23(3)24-8-13-26(14-9-24)32-17-5-4-6-18-32/h7-16,19,23H,4-6,17-18,20H2,1-3H3,(H,31,34). The molecule has 0 saturated carbocycles. The summed E-state index contributed by atoms with van der Waals surface area (Å²) in [5.74, 6) is -0.386. The fourth-order valence-corrected chi connectivity index (χ4v) is 6.10. The SMILES string of the molecule is Cc1ccc(N(CC(=O)NC(C)c2ccc(N3CCCCC3)cc2)S(=O)(=O)c2ccc(Cl)cc2)cc1C. The number of carbonyl (C=O) groups excluding carboxylic acids is 1. The minimum atomic E-state index is -4.01. The zero-order valence-electron chi connectivity index (χ0n) is 21.6. The number of nitrogens with one attached hydrogen (secondary N) is 1. The summed E-state index contributed by atoms with van der Waals surface area (Å²) in [6, 6.07) is 19.3. The second-order valence-corrected chi connectivity index (χ2v) is 12.0. The Hall–Kier alpha value is -3.03. The molecule has 1 heterocycles. The van der Waals surface area contributed by atoms with Crippen LogP contribution in [0.3, 0.4) is 0 Å². The predicted molar refractivity (Wildman–Crippen MR) is 151 cm³/mol. The monoisotopic (exact) mass is 539 g/mol. The molecule has 1 saturated heterocycles. The lowest BCUT2D eigenvalue weighted by Crippen LogP contribution is -2.41. The van der Waals surface area contributed by atoms with Crippen molar-refractivity contribution in [2.75, 3.05) is 28.8 Å². The predicted octanol–water partition coefficient (Wildman–Crippen LogP) is 6.02. The maximum absolute atomic E-state index is 13.6. The molecule has 0 aliphatic carbocycles. The summed E-state index contributed by atoms with van der Waals surface area (Å²) in [6.07, 6.45) is 3.71. The maximum Gasteiger partial charge on any atom is 0.264 e. The van der Waals surface area contributed by atoms with Crippen LogP contribution in [-0.4, -0.2) is 34.0 Å². The van der Waals surface area contributed by atoms with E-state index in [1.54, 1.807) is 12.1 Å². The first-order valence-corrected chi connectivity index (χ1v) is 14.5. The highest BCUT2D eigenvalue weighted by Crippen LogP contribution is 2.27. The van der Waals surface area contributed by atoms with Crippen molar-refractivity contribution in [3.63, 3.8) is 0 Å². The van der Waals surface area contributed by atoms with E-state index in [0.29, 0.717) is 10.7 Å². The topological polar surface area (TPSA) is 69.7 Å². The number of rotatable bonds is 8. The van der Waals surface area contributed by atoms with Gasteiger partial charge in [0.25, 0.3) is 10.0 Å². The van der Waals surface area contributed by atoms with Gasteiger partial charge in [0.05, 0.1) is 16.6 Å². The number of hydrogen-bond acceptors (Lipinski definition) is 4. The summed E-state index contributed by atoms with van der Waals surface area (Å²) in [4.78, 5) is 15.6. The molecule has 0 aromatic heterocycles. The van der Waals surface area contributed by atoms with Crippen molar-refractivity contribution in [3.8, 4) is 0 Å². The number of nitrogens with zero attached hydrogens (tertiary/aromatic N) is 2. The van der Waals surface area contributed by atoms with Crippen LogP contribution in [-0.2, 0) is 14.8 Å². The lowest BCUT2D eigenvalue weighted by Gasteiger charge is -2.29. The van der Waals surface area contributed by atoms with Crippen LogP contribution < -0.4 is 14.5 Å². The molecule has 3 aromatic rings. The van der Waals surface area contributed by atoms with Gasteiger partial charge in [-0.1, -0.05) is 29.8 Å². The third kappa shape index (κ3) is 6.46. The van der Waals surface area contributed by atoms with E-state index >= 15 is 0 Å². The van der Waals surface area contributed by atoms with Crippen LogP contribution in [0.1, 0.15) is 48.9 Å². The minimum absolute atomic E-state index is 0.0734. The largest absolute Gasteiger partial charge is 0.372 e. The number of halogens is 1. The fraction of sp³-hybridized carbons (Fsp3) is 0.345. The van der Waals surface area contributed by atoms with Crippen LogP contribution in [0.5, 0.6) is 0 Å². The molecule has 3 aromatic carbocycles. The average Bonchev–Trinajstić information content (AvgIpc) is 2.89. The lowest BCUT2D eigenvalue weighted by molar-refractivity contribution is -0.120. The Kier molecular flexibility index (Phi) is 8.45. The van der Waals surface area contributed by atoms with Crippen molar-refractivity contribution in [3.05, 3.63) is 88.4 Å². The van der Waals surface area contributed by atoms with Crippen molar-refractivity contribution in [1.82, 2.24) is 5.32 Å². The zero-order chi connectivity index (χ0) is 26.6. The number of sulfonamides is 1. The molecule has 37 heavy (non-hydrogen) atoms. The van der Waals surface area contributed by atoms with Gasteiger partial charge in [0.1, 0.15) is 6.54 Å². The molecule has 1 unspecified atom stereocenters. The van der Waals surface area contributed by atoms with E-state index in [0.717, 1.165) is 34.1 Å². The van der Waals surface area contributed by atoms with Crippen LogP contribution in [0.4, 0.5) is 11.4 Å². The molecule has 6 nitrogen and oxygen atoms in total.